The van der Waals surface area contributed by atoms with E-state index in [9.17, 15) is 14.4 Å². The fourth-order valence-electron chi connectivity index (χ4n) is 3.99. The highest BCUT2D eigenvalue weighted by molar-refractivity contribution is 5.95. The van der Waals surface area contributed by atoms with Gasteiger partial charge in [-0.2, -0.15) is 0 Å². The SMILES string of the molecule is CCOC(=O)c1ccc(C(=O)N2CCN(CC(=O)N3CCCCCC3)CC2)nc1C. The number of carbonyl (C=O) groups excluding carboxylic acids is 3. The molecule has 0 N–H and O–H groups in total. The number of hydrogen-bond donors (Lipinski definition) is 0. The Hall–Kier alpha value is -2.48. The van der Waals surface area contributed by atoms with Crippen LogP contribution in [0.25, 0.3) is 0 Å². The number of aryl methyl sites for hydroxylation is 1. The number of rotatable bonds is 5. The number of piperazine rings is 1. The zero-order valence-electron chi connectivity index (χ0n) is 18.1. The molecule has 1 aromatic rings. The lowest BCUT2D eigenvalue weighted by Crippen LogP contribution is -2.51. The minimum atomic E-state index is -0.427. The van der Waals surface area contributed by atoms with E-state index in [1.54, 1.807) is 30.9 Å². The number of hydrogen-bond acceptors (Lipinski definition) is 6. The van der Waals surface area contributed by atoms with Crippen molar-refractivity contribution >= 4 is 17.8 Å². The summed E-state index contributed by atoms with van der Waals surface area (Å²) in [5.74, 6) is -0.375. The molecule has 2 saturated heterocycles. The summed E-state index contributed by atoms with van der Waals surface area (Å²) in [6.07, 6.45) is 4.60. The highest BCUT2D eigenvalue weighted by Crippen LogP contribution is 2.14. The number of carbonyl (C=O) groups is 3. The highest BCUT2D eigenvalue weighted by Gasteiger charge is 2.26. The Balaban J connectivity index is 1.52. The summed E-state index contributed by atoms with van der Waals surface area (Å²) >= 11 is 0. The second kappa shape index (κ2) is 10.5. The molecule has 0 aromatic carbocycles. The third-order valence-corrected chi connectivity index (χ3v) is 5.78. The molecule has 0 saturated carbocycles. The van der Waals surface area contributed by atoms with Gasteiger partial charge in [0.05, 0.1) is 24.4 Å². The summed E-state index contributed by atoms with van der Waals surface area (Å²) < 4.78 is 5.01. The summed E-state index contributed by atoms with van der Waals surface area (Å²) in [5.41, 5.74) is 1.20. The highest BCUT2D eigenvalue weighted by atomic mass is 16.5. The van der Waals surface area contributed by atoms with E-state index >= 15 is 0 Å². The van der Waals surface area contributed by atoms with Crippen LogP contribution in [0, 0.1) is 6.92 Å². The van der Waals surface area contributed by atoms with Crippen molar-refractivity contribution < 1.29 is 19.1 Å². The maximum Gasteiger partial charge on any atom is 0.339 e. The number of ether oxygens (including phenoxy) is 1. The first-order chi connectivity index (χ1) is 14.5. The zero-order valence-corrected chi connectivity index (χ0v) is 18.1. The lowest BCUT2D eigenvalue weighted by Gasteiger charge is -2.35. The predicted octanol–water partition coefficient (Wildman–Crippen LogP) is 1.73. The second-order valence-corrected chi connectivity index (χ2v) is 7.91. The molecule has 30 heavy (non-hydrogen) atoms. The van der Waals surface area contributed by atoms with Crippen LogP contribution in [-0.4, -0.2) is 89.9 Å². The van der Waals surface area contributed by atoms with Crippen LogP contribution in [-0.2, 0) is 9.53 Å². The Morgan fingerprint density at radius 3 is 2.20 bits per heavy atom. The molecule has 2 amide bonds. The molecule has 0 spiro atoms. The molecule has 2 fully saturated rings. The first-order valence-electron chi connectivity index (χ1n) is 10.9. The lowest BCUT2D eigenvalue weighted by atomic mass is 10.1. The minimum absolute atomic E-state index is 0.146. The van der Waals surface area contributed by atoms with Gasteiger partial charge < -0.3 is 14.5 Å². The molecule has 2 aliphatic heterocycles. The molecule has 0 aliphatic carbocycles. The first kappa shape index (κ1) is 22.2. The van der Waals surface area contributed by atoms with Crippen LogP contribution >= 0.6 is 0 Å². The van der Waals surface area contributed by atoms with Crippen molar-refractivity contribution in [2.24, 2.45) is 0 Å². The number of nitrogens with zero attached hydrogens (tertiary/aromatic N) is 4. The number of amides is 2. The average Bonchev–Trinajstić information content (AvgIpc) is 3.03. The normalized spacial score (nSPS) is 18.1. The van der Waals surface area contributed by atoms with Gasteiger partial charge in [0.25, 0.3) is 5.91 Å². The number of aromatic nitrogens is 1. The average molecular weight is 417 g/mol. The maximum absolute atomic E-state index is 12.8. The van der Waals surface area contributed by atoms with Crippen LogP contribution in [0.4, 0.5) is 0 Å². The standard InChI is InChI=1S/C22H32N4O4/c1-3-30-22(29)18-8-9-19(23-17(18)2)21(28)26-14-12-24(13-15-26)16-20(27)25-10-6-4-5-7-11-25/h8-9H,3-7,10-16H2,1-2H3. The fraction of sp³-hybridized carbons (Fsp3) is 0.636. The van der Waals surface area contributed by atoms with Crippen molar-refractivity contribution in [3.8, 4) is 0 Å². The molecule has 3 heterocycles. The fourth-order valence-corrected chi connectivity index (χ4v) is 3.99. The first-order valence-corrected chi connectivity index (χ1v) is 10.9. The van der Waals surface area contributed by atoms with Gasteiger partial charge in [0.15, 0.2) is 0 Å². The van der Waals surface area contributed by atoms with Crippen LogP contribution in [0.5, 0.6) is 0 Å². The van der Waals surface area contributed by atoms with Crippen LogP contribution in [0.2, 0.25) is 0 Å². The van der Waals surface area contributed by atoms with E-state index in [-0.39, 0.29) is 11.8 Å². The summed E-state index contributed by atoms with van der Waals surface area (Å²) in [4.78, 5) is 47.5. The van der Waals surface area contributed by atoms with Gasteiger partial charge in [-0.25, -0.2) is 9.78 Å². The van der Waals surface area contributed by atoms with E-state index in [0.717, 1.165) is 25.9 Å². The van der Waals surface area contributed by atoms with Gasteiger partial charge in [0, 0.05) is 39.3 Å². The molecule has 8 heteroatoms. The van der Waals surface area contributed by atoms with Crippen LogP contribution < -0.4 is 0 Å². The Morgan fingerprint density at radius 2 is 1.60 bits per heavy atom. The summed E-state index contributed by atoms with van der Waals surface area (Å²) in [6.45, 7) is 8.37. The largest absolute Gasteiger partial charge is 0.462 e. The Morgan fingerprint density at radius 1 is 0.933 bits per heavy atom. The zero-order chi connectivity index (χ0) is 21.5. The molecule has 0 atom stereocenters. The molecule has 0 radical (unpaired) electrons. The number of esters is 1. The molecular weight excluding hydrogens is 384 g/mol. The van der Waals surface area contributed by atoms with E-state index in [0.29, 0.717) is 56.3 Å². The van der Waals surface area contributed by atoms with Gasteiger partial charge in [0.2, 0.25) is 5.91 Å². The van der Waals surface area contributed by atoms with E-state index in [4.69, 9.17) is 4.74 Å². The molecule has 0 unspecified atom stereocenters. The molecular formula is C22H32N4O4. The molecule has 2 aliphatic rings. The summed E-state index contributed by atoms with van der Waals surface area (Å²) in [6, 6.07) is 3.18. The van der Waals surface area contributed by atoms with Gasteiger partial charge in [-0.3, -0.25) is 14.5 Å². The van der Waals surface area contributed by atoms with Crippen molar-refractivity contribution in [3.63, 3.8) is 0 Å². The van der Waals surface area contributed by atoms with E-state index < -0.39 is 5.97 Å². The predicted molar refractivity (Wildman–Crippen MR) is 112 cm³/mol. The monoisotopic (exact) mass is 416 g/mol. The summed E-state index contributed by atoms with van der Waals surface area (Å²) in [7, 11) is 0. The summed E-state index contributed by atoms with van der Waals surface area (Å²) in [5, 5.41) is 0. The molecule has 3 rings (SSSR count). The third-order valence-electron chi connectivity index (χ3n) is 5.78. The molecule has 0 bridgehead atoms. The quantitative estimate of drug-likeness (QED) is 0.680. The van der Waals surface area contributed by atoms with Gasteiger partial charge in [-0.1, -0.05) is 12.8 Å². The van der Waals surface area contributed by atoms with Crippen molar-refractivity contribution in [2.45, 2.75) is 39.5 Å². The number of pyridine rings is 1. The Kier molecular flexibility index (Phi) is 7.79. The third kappa shape index (κ3) is 5.56. The topological polar surface area (TPSA) is 83.1 Å². The van der Waals surface area contributed by atoms with Crippen molar-refractivity contribution in [3.05, 3.63) is 29.1 Å². The van der Waals surface area contributed by atoms with E-state index in [1.807, 2.05) is 4.90 Å². The van der Waals surface area contributed by atoms with Crippen LogP contribution in [0.3, 0.4) is 0 Å². The Bertz CT molecular complexity index is 766. The van der Waals surface area contributed by atoms with Gasteiger partial charge >= 0.3 is 5.97 Å². The van der Waals surface area contributed by atoms with Crippen LogP contribution in [0.15, 0.2) is 12.1 Å². The van der Waals surface area contributed by atoms with Crippen molar-refractivity contribution in [1.29, 1.82) is 0 Å². The van der Waals surface area contributed by atoms with E-state index in [2.05, 4.69) is 9.88 Å². The molecule has 1 aromatic heterocycles. The van der Waals surface area contributed by atoms with Crippen LogP contribution in [0.1, 0.15) is 59.1 Å². The molecule has 8 nitrogen and oxygen atoms in total. The second-order valence-electron chi connectivity index (χ2n) is 7.91. The smallest absolute Gasteiger partial charge is 0.339 e. The number of likely N-dealkylation sites (tertiary alicyclic amines) is 1. The van der Waals surface area contributed by atoms with Crippen molar-refractivity contribution in [2.75, 3.05) is 52.4 Å². The van der Waals surface area contributed by atoms with E-state index in [1.165, 1.54) is 12.8 Å². The van der Waals surface area contributed by atoms with Gasteiger partial charge in [0.1, 0.15) is 5.69 Å². The Labute approximate surface area is 178 Å². The van der Waals surface area contributed by atoms with Gasteiger partial charge in [-0.05, 0) is 38.8 Å². The molecule has 164 valence electrons. The maximum atomic E-state index is 12.8. The minimum Gasteiger partial charge on any atom is -0.462 e. The van der Waals surface area contributed by atoms with Crippen molar-refractivity contribution in [1.82, 2.24) is 19.7 Å². The lowest BCUT2D eigenvalue weighted by molar-refractivity contribution is -0.132. The van der Waals surface area contributed by atoms with Gasteiger partial charge in [-0.15, -0.1) is 0 Å².